The molecule has 6 heteroatoms. The molecule has 0 radical (unpaired) electrons. The van der Waals surface area contributed by atoms with E-state index in [-0.39, 0.29) is 23.7 Å². The lowest BCUT2D eigenvalue weighted by atomic mass is 10.00. The first-order chi connectivity index (χ1) is 10.1. The van der Waals surface area contributed by atoms with Crippen LogP contribution in [-0.2, 0) is 21.9 Å². The van der Waals surface area contributed by atoms with E-state index >= 15 is 0 Å². The number of amides is 2. The molecule has 0 spiro atoms. The minimum absolute atomic E-state index is 0.0371. The van der Waals surface area contributed by atoms with Crippen LogP contribution in [0.15, 0.2) is 5.38 Å². The number of hydrogen-bond acceptors (Lipinski definition) is 4. The van der Waals surface area contributed by atoms with Crippen molar-refractivity contribution < 1.29 is 9.59 Å². The molecule has 1 aromatic rings. The second-order valence-corrected chi connectivity index (χ2v) is 7.11. The van der Waals surface area contributed by atoms with Crippen LogP contribution in [0.4, 0.5) is 0 Å². The lowest BCUT2D eigenvalue weighted by molar-refractivity contribution is -0.140. The first kappa shape index (κ1) is 15.0. The molecule has 1 aromatic heterocycles. The van der Waals surface area contributed by atoms with Gasteiger partial charge in [-0.25, -0.2) is 4.98 Å². The summed E-state index contributed by atoms with van der Waals surface area (Å²) >= 11 is 7.27. The Morgan fingerprint density at radius 1 is 1.33 bits per heavy atom. The van der Waals surface area contributed by atoms with Gasteiger partial charge in [0.05, 0.1) is 28.4 Å². The SMILES string of the molecule is CCC1CC2C(=O)N(CCc3nc(CCl)cs3)C(=O)C2C1. The second-order valence-electron chi connectivity index (χ2n) is 5.90. The van der Waals surface area contributed by atoms with E-state index in [1.807, 2.05) is 5.38 Å². The Morgan fingerprint density at radius 2 is 2.00 bits per heavy atom. The Kier molecular flexibility index (Phi) is 4.31. The van der Waals surface area contributed by atoms with E-state index in [0.29, 0.717) is 24.8 Å². The number of thiazole rings is 1. The normalized spacial score (nSPS) is 28.5. The molecule has 2 unspecified atom stereocenters. The van der Waals surface area contributed by atoms with Crippen molar-refractivity contribution in [3.05, 3.63) is 16.1 Å². The third-order valence-electron chi connectivity index (χ3n) is 4.69. The summed E-state index contributed by atoms with van der Waals surface area (Å²) in [5, 5.41) is 2.87. The topological polar surface area (TPSA) is 50.3 Å². The maximum absolute atomic E-state index is 12.4. The highest BCUT2D eigenvalue weighted by Crippen LogP contribution is 2.44. The van der Waals surface area contributed by atoms with Crippen LogP contribution in [0.25, 0.3) is 0 Å². The number of imide groups is 1. The Labute approximate surface area is 133 Å². The van der Waals surface area contributed by atoms with Gasteiger partial charge in [0, 0.05) is 18.3 Å². The highest BCUT2D eigenvalue weighted by Gasteiger charge is 2.51. The van der Waals surface area contributed by atoms with Gasteiger partial charge in [-0.05, 0) is 18.8 Å². The predicted molar refractivity (Wildman–Crippen MR) is 82.1 cm³/mol. The maximum Gasteiger partial charge on any atom is 0.233 e. The van der Waals surface area contributed by atoms with Crippen molar-refractivity contribution in [3.63, 3.8) is 0 Å². The number of carbonyl (C=O) groups excluding carboxylic acids is 2. The fourth-order valence-electron chi connectivity index (χ4n) is 3.48. The first-order valence-corrected chi connectivity index (χ1v) is 8.89. The molecule has 2 amide bonds. The van der Waals surface area contributed by atoms with Gasteiger partial charge in [-0.2, -0.15) is 0 Å². The van der Waals surface area contributed by atoms with Gasteiger partial charge < -0.3 is 0 Å². The number of carbonyl (C=O) groups is 2. The van der Waals surface area contributed by atoms with E-state index in [9.17, 15) is 9.59 Å². The monoisotopic (exact) mass is 326 g/mol. The molecule has 0 aromatic carbocycles. The molecule has 0 bridgehead atoms. The van der Waals surface area contributed by atoms with Gasteiger partial charge in [0.1, 0.15) is 0 Å². The number of rotatable bonds is 5. The molecular formula is C15H19ClN2O2S. The van der Waals surface area contributed by atoms with Crippen LogP contribution in [0.3, 0.4) is 0 Å². The summed E-state index contributed by atoms with van der Waals surface area (Å²) in [6.45, 7) is 2.59. The van der Waals surface area contributed by atoms with Crippen molar-refractivity contribution in [1.82, 2.24) is 9.88 Å². The Hall–Kier alpha value is -0.940. The minimum atomic E-state index is -0.0582. The summed E-state index contributed by atoms with van der Waals surface area (Å²) in [7, 11) is 0. The van der Waals surface area contributed by atoms with Gasteiger partial charge in [0.25, 0.3) is 0 Å². The van der Waals surface area contributed by atoms with Crippen LogP contribution in [0.2, 0.25) is 0 Å². The molecule has 21 heavy (non-hydrogen) atoms. The molecule has 2 aliphatic rings. The quantitative estimate of drug-likeness (QED) is 0.617. The van der Waals surface area contributed by atoms with E-state index in [4.69, 9.17) is 11.6 Å². The third-order valence-corrected chi connectivity index (χ3v) is 5.92. The minimum Gasteiger partial charge on any atom is -0.282 e. The summed E-state index contributed by atoms with van der Waals surface area (Å²) < 4.78 is 0. The molecule has 2 heterocycles. The molecule has 3 rings (SSSR count). The zero-order chi connectivity index (χ0) is 15.0. The molecule has 0 N–H and O–H groups in total. The number of nitrogens with zero attached hydrogens (tertiary/aromatic N) is 2. The van der Waals surface area contributed by atoms with Crippen molar-refractivity contribution in [2.75, 3.05) is 6.54 Å². The van der Waals surface area contributed by atoms with E-state index in [1.54, 1.807) is 11.3 Å². The first-order valence-electron chi connectivity index (χ1n) is 7.48. The average Bonchev–Trinajstić information content (AvgIpc) is 3.16. The van der Waals surface area contributed by atoms with Crippen LogP contribution < -0.4 is 0 Å². The summed E-state index contributed by atoms with van der Waals surface area (Å²) in [6.07, 6.45) is 3.47. The third kappa shape index (κ3) is 2.73. The summed E-state index contributed by atoms with van der Waals surface area (Å²) in [5.74, 6) is 0.903. The fraction of sp³-hybridized carbons (Fsp3) is 0.667. The van der Waals surface area contributed by atoms with Gasteiger partial charge in [-0.15, -0.1) is 22.9 Å². The lowest BCUT2D eigenvalue weighted by Crippen LogP contribution is -2.34. The van der Waals surface area contributed by atoms with Crippen molar-refractivity contribution in [1.29, 1.82) is 0 Å². The van der Waals surface area contributed by atoms with Gasteiger partial charge in [-0.1, -0.05) is 13.3 Å². The molecule has 4 nitrogen and oxygen atoms in total. The van der Waals surface area contributed by atoms with Gasteiger partial charge in [0.15, 0.2) is 0 Å². The van der Waals surface area contributed by atoms with Crippen molar-refractivity contribution >= 4 is 34.8 Å². The van der Waals surface area contributed by atoms with Crippen LogP contribution in [0.1, 0.15) is 36.9 Å². The number of hydrogen-bond donors (Lipinski definition) is 0. The fourth-order valence-corrected chi connectivity index (χ4v) is 4.50. The Balaban J connectivity index is 1.62. The summed E-state index contributed by atoms with van der Waals surface area (Å²) in [4.78, 5) is 30.7. The van der Waals surface area contributed by atoms with E-state index in [1.165, 1.54) is 4.90 Å². The molecular weight excluding hydrogens is 308 g/mol. The molecule has 1 saturated heterocycles. The molecule has 2 fully saturated rings. The predicted octanol–water partition coefficient (Wildman–Crippen LogP) is 2.85. The zero-order valence-electron chi connectivity index (χ0n) is 12.0. The summed E-state index contributed by atoms with van der Waals surface area (Å²) in [6, 6.07) is 0. The van der Waals surface area contributed by atoms with Crippen LogP contribution >= 0.6 is 22.9 Å². The van der Waals surface area contributed by atoms with Crippen molar-refractivity contribution in [2.24, 2.45) is 17.8 Å². The van der Waals surface area contributed by atoms with Gasteiger partial charge in [-0.3, -0.25) is 14.5 Å². The van der Waals surface area contributed by atoms with Crippen molar-refractivity contribution in [2.45, 2.75) is 38.5 Å². The van der Waals surface area contributed by atoms with Crippen LogP contribution in [0, 0.1) is 17.8 Å². The van der Waals surface area contributed by atoms with Gasteiger partial charge >= 0.3 is 0 Å². The largest absolute Gasteiger partial charge is 0.282 e. The van der Waals surface area contributed by atoms with E-state index in [0.717, 1.165) is 30.0 Å². The molecule has 114 valence electrons. The Morgan fingerprint density at radius 3 is 2.52 bits per heavy atom. The smallest absolute Gasteiger partial charge is 0.233 e. The van der Waals surface area contributed by atoms with Crippen LogP contribution in [0.5, 0.6) is 0 Å². The van der Waals surface area contributed by atoms with Crippen LogP contribution in [-0.4, -0.2) is 28.2 Å². The zero-order valence-corrected chi connectivity index (χ0v) is 13.6. The molecule has 1 aliphatic heterocycles. The number of likely N-dealkylation sites (tertiary alicyclic amines) is 1. The molecule has 1 saturated carbocycles. The lowest BCUT2D eigenvalue weighted by Gasteiger charge is -2.16. The highest BCUT2D eigenvalue weighted by molar-refractivity contribution is 7.09. The van der Waals surface area contributed by atoms with Gasteiger partial charge in [0.2, 0.25) is 11.8 Å². The number of alkyl halides is 1. The second kappa shape index (κ2) is 6.05. The number of halogens is 1. The number of fused-ring (bicyclic) bond motifs is 1. The molecule has 2 atom stereocenters. The Bertz CT molecular complexity index is 536. The maximum atomic E-state index is 12.4. The standard InChI is InChI=1S/C15H19ClN2O2S/c1-2-9-5-11-12(6-9)15(20)18(14(11)19)4-3-13-17-10(7-16)8-21-13/h8-9,11-12H,2-7H2,1H3. The summed E-state index contributed by atoms with van der Waals surface area (Å²) in [5.41, 5.74) is 0.860. The molecule has 1 aliphatic carbocycles. The van der Waals surface area contributed by atoms with E-state index < -0.39 is 0 Å². The highest BCUT2D eigenvalue weighted by atomic mass is 35.5. The van der Waals surface area contributed by atoms with E-state index in [2.05, 4.69) is 11.9 Å². The van der Waals surface area contributed by atoms with Crippen molar-refractivity contribution in [3.8, 4) is 0 Å². The average molecular weight is 327 g/mol. The number of aromatic nitrogens is 1.